The van der Waals surface area contributed by atoms with Crippen molar-refractivity contribution in [3.8, 4) is 5.75 Å². The van der Waals surface area contributed by atoms with Gasteiger partial charge >= 0.3 is 0 Å². The zero-order chi connectivity index (χ0) is 18.2. The van der Waals surface area contributed by atoms with Crippen molar-refractivity contribution in [2.45, 2.75) is 37.4 Å². The van der Waals surface area contributed by atoms with E-state index in [1.165, 1.54) is 7.11 Å². The van der Waals surface area contributed by atoms with Crippen molar-refractivity contribution < 1.29 is 24.5 Å². The van der Waals surface area contributed by atoms with Gasteiger partial charge in [-0.1, -0.05) is 18.2 Å². The van der Waals surface area contributed by atoms with Crippen LogP contribution >= 0.6 is 0 Å². The van der Waals surface area contributed by atoms with Crippen molar-refractivity contribution in [2.24, 2.45) is 0 Å². The molecule has 0 aromatic heterocycles. The third-order valence-corrected chi connectivity index (χ3v) is 6.03. The number of Topliss-reactive ketones (excluding diaryl/α,β-unsaturated/α-hetero) is 2. The zero-order valence-electron chi connectivity index (χ0n) is 14.3. The highest BCUT2D eigenvalue weighted by Gasteiger charge is 2.46. The van der Waals surface area contributed by atoms with Gasteiger partial charge in [-0.25, -0.2) is 0 Å². The number of phenols is 1. The van der Waals surface area contributed by atoms with Gasteiger partial charge in [-0.3, -0.25) is 9.59 Å². The molecule has 4 aliphatic rings. The highest BCUT2D eigenvalue weighted by molar-refractivity contribution is 6.09. The highest BCUT2D eigenvalue weighted by atomic mass is 16.5. The van der Waals surface area contributed by atoms with E-state index in [-0.39, 0.29) is 29.7 Å². The zero-order valence-corrected chi connectivity index (χ0v) is 14.3. The first-order chi connectivity index (χ1) is 12.5. The second kappa shape index (κ2) is 5.25. The summed E-state index contributed by atoms with van der Waals surface area (Å²) >= 11 is 0. The monoisotopic (exact) mass is 350 g/mol. The van der Waals surface area contributed by atoms with E-state index in [2.05, 4.69) is 0 Å². The number of ketones is 2. The lowest BCUT2D eigenvalue weighted by Gasteiger charge is -2.35. The molecule has 0 bridgehead atoms. The van der Waals surface area contributed by atoms with E-state index in [1.807, 2.05) is 18.2 Å². The van der Waals surface area contributed by atoms with Gasteiger partial charge in [0.25, 0.3) is 0 Å². The molecule has 1 aromatic rings. The lowest BCUT2D eigenvalue weighted by molar-refractivity contribution is -0.136. The van der Waals surface area contributed by atoms with Gasteiger partial charge in [0.05, 0.1) is 5.56 Å². The van der Waals surface area contributed by atoms with Gasteiger partial charge in [0, 0.05) is 25.9 Å². The van der Waals surface area contributed by atoms with Gasteiger partial charge in [0.15, 0.2) is 11.6 Å². The normalized spacial score (nSPS) is 29.1. The summed E-state index contributed by atoms with van der Waals surface area (Å²) in [5, 5.41) is 20.3. The molecule has 4 aliphatic carbocycles. The smallest absolute Gasteiger partial charge is 0.194 e. The van der Waals surface area contributed by atoms with Gasteiger partial charge in [-0.05, 0) is 45.9 Å². The van der Waals surface area contributed by atoms with E-state index in [0.29, 0.717) is 18.4 Å². The van der Waals surface area contributed by atoms with Crippen LogP contribution < -0.4 is 0 Å². The van der Waals surface area contributed by atoms with Crippen LogP contribution in [0.3, 0.4) is 0 Å². The fraction of sp³-hybridized carbons (Fsp3) is 0.333. The summed E-state index contributed by atoms with van der Waals surface area (Å²) in [6.07, 6.45) is 3.43. The van der Waals surface area contributed by atoms with E-state index in [1.54, 1.807) is 6.07 Å². The van der Waals surface area contributed by atoms with Crippen molar-refractivity contribution >= 4 is 17.1 Å². The largest absolute Gasteiger partial charge is 0.507 e. The van der Waals surface area contributed by atoms with Crippen molar-refractivity contribution in [2.75, 3.05) is 7.11 Å². The van der Waals surface area contributed by atoms with Crippen LogP contribution in [0, 0.1) is 0 Å². The molecule has 5 rings (SSSR count). The van der Waals surface area contributed by atoms with Crippen molar-refractivity contribution in [3.05, 3.63) is 57.7 Å². The van der Waals surface area contributed by atoms with Crippen molar-refractivity contribution in [3.63, 3.8) is 0 Å². The van der Waals surface area contributed by atoms with Gasteiger partial charge in [0.1, 0.15) is 18.0 Å². The third kappa shape index (κ3) is 1.82. The number of aromatic hydroxyl groups is 1. The number of phenolic OH excluding ortho intramolecular Hbond substituents is 1. The van der Waals surface area contributed by atoms with Crippen LogP contribution in [0.2, 0.25) is 0 Å². The number of carbonyl (C=O) groups excluding carboxylic acids is 2. The number of allylic oxidation sites excluding steroid dienone is 4. The molecule has 0 fully saturated rings. The molecule has 0 amide bonds. The SMILES string of the molecule is CO[C@H]1C(=O)C(O)CC2=C1[C@@H]1C(=C3CCC(=O)c4c(O)ccc1c43)C=C2. The maximum atomic E-state index is 12.5. The lowest BCUT2D eigenvalue weighted by Crippen LogP contribution is -2.41. The van der Waals surface area contributed by atoms with Gasteiger partial charge in [-0.2, -0.15) is 0 Å². The average Bonchev–Trinajstić information content (AvgIpc) is 2.95. The first-order valence-electron chi connectivity index (χ1n) is 8.81. The third-order valence-electron chi connectivity index (χ3n) is 6.03. The maximum Gasteiger partial charge on any atom is 0.194 e. The molecule has 0 spiro atoms. The molecule has 1 aromatic carbocycles. The Labute approximate surface area is 150 Å². The van der Waals surface area contributed by atoms with Gasteiger partial charge in [-0.15, -0.1) is 0 Å². The second-order valence-corrected chi connectivity index (χ2v) is 7.27. The van der Waals surface area contributed by atoms with E-state index in [9.17, 15) is 19.8 Å². The van der Waals surface area contributed by atoms with E-state index >= 15 is 0 Å². The Morgan fingerprint density at radius 1 is 1.12 bits per heavy atom. The van der Waals surface area contributed by atoms with Crippen molar-refractivity contribution in [1.29, 1.82) is 0 Å². The Balaban J connectivity index is 1.79. The minimum Gasteiger partial charge on any atom is -0.507 e. The molecule has 132 valence electrons. The molecule has 0 saturated carbocycles. The van der Waals surface area contributed by atoms with Crippen LogP contribution in [0.4, 0.5) is 0 Å². The Bertz CT molecular complexity index is 978. The van der Waals surface area contributed by atoms with Crippen LogP contribution in [-0.2, 0) is 9.53 Å². The number of ether oxygens (including phenoxy) is 1. The maximum absolute atomic E-state index is 12.5. The van der Waals surface area contributed by atoms with E-state index < -0.39 is 12.2 Å². The minimum absolute atomic E-state index is 0.0156. The summed E-state index contributed by atoms with van der Waals surface area (Å²) in [6.45, 7) is 0. The number of methoxy groups -OCH3 is 1. The van der Waals surface area contributed by atoms with Crippen LogP contribution in [-0.4, -0.2) is 41.1 Å². The molecule has 1 unspecified atom stereocenters. The summed E-state index contributed by atoms with van der Waals surface area (Å²) in [5.41, 5.74) is 6.10. The number of aliphatic hydroxyl groups is 1. The fourth-order valence-electron chi connectivity index (χ4n) is 4.96. The number of hydrogen-bond donors (Lipinski definition) is 2. The molecule has 0 aliphatic heterocycles. The van der Waals surface area contributed by atoms with Crippen molar-refractivity contribution in [1.82, 2.24) is 0 Å². The fourth-order valence-corrected chi connectivity index (χ4v) is 4.96. The summed E-state index contributed by atoms with van der Waals surface area (Å²) < 4.78 is 5.49. The molecule has 26 heavy (non-hydrogen) atoms. The Hall–Kier alpha value is -2.50. The van der Waals surface area contributed by atoms with E-state index in [0.717, 1.165) is 33.4 Å². The minimum atomic E-state index is -1.05. The molecule has 0 heterocycles. The second-order valence-electron chi connectivity index (χ2n) is 7.27. The van der Waals surface area contributed by atoms with Crippen LogP contribution in [0.1, 0.15) is 46.7 Å². The topological polar surface area (TPSA) is 83.8 Å². The number of carbonyl (C=O) groups is 2. The summed E-state index contributed by atoms with van der Waals surface area (Å²) in [4.78, 5) is 24.9. The molecule has 5 nitrogen and oxygen atoms in total. The van der Waals surface area contributed by atoms with E-state index in [4.69, 9.17) is 4.74 Å². The quantitative estimate of drug-likeness (QED) is 0.813. The molecule has 0 saturated heterocycles. The summed E-state index contributed by atoms with van der Waals surface area (Å²) in [6, 6.07) is 3.41. The van der Waals surface area contributed by atoms with Gasteiger partial charge < -0.3 is 14.9 Å². The van der Waals surface area contributed by atoms with Gasteiger partial charge in [0.2, 0.25) is 0 Å². The first kappa shape index (κ1) is 15.7. The standard InChI is InChI=1S/C21H18O5/c1-26-21-16-9(8-15(24)20(21)25)2-3-10-11-4-6-13(22)19-14(23)7-5-12(17(10)16)18(11)19/h2-3,5,7,15,17,21,23-24H,4,6,8H2,1H3/t15?,17-,21-/m1/s1. The molecular weight excluding hydrogens is 332 g/mol. The summed E-state index contributed by atoms with van der Waals surface area (Å²) in [7, 11) is 1.48. The number of benzene rings is 1. The first-order valence-corrected chi connectivity index (χ1v) is 8.81. The Kier molecular flexibility index (Phi) is 3.18. The highest BCUT2D eigenvalue weighted by Crippen LogP contribution is 2.56. The number of hydrogen-bond acceptors (Lipinski definition) is 5. The van der Waals surface area contributed by atoms with Crippen LogP contribution in [0.15, 0.2) is 41.0 Å². The van der Waals surface area contributed by atoms with Crippen LogP contribution in [0.25, 0.3) is 5.57 Å². The average molecular weight is 350 g/mol. The van der Waals surface area contributed by atoms with Crippen LogP contribution in [0.5, 0.6) is 5.75 Å². The predicted octanol–water partition coefficient (Wildman–Crippen LogP) is 2.43. The number of aliphatic hydroxyl groups excluding tert-OH is 1. The molecule has 5 heteroatoms. The Morgan fingerprint density at radius 2 is 1.92 bits per heavy atom. The molecule has 3 atom stereocenters. The number of rotatable bonds is 1. The Morgan fingerprint density at radius 3 is 2.69 bits per heavy atom. The molecule has 2 N–H and O–H groups in total. The lowest BCUT2D eigenvalue weighted by atomic mass is 9.73. The predicted molar refractivity (Wildman–Crippen MR) is 93.9 cm³/mol. The molecule has 0 radical (unpaired) electrons. The number of fused-ring (bicyclic) bond motifs is 3. The summed E-state index contributed by atoms with van der Waals surface area (Å²) in [5.74, 6) is -0.506. The molecular formula is C21H18O5.